The van der Waals surface area contributed by atoms with Crippen LogP contribution < -0.4 is 15.5 Å². The number of benzene rings is 2. The molecule has 1 spiro atoms. The predicted octanol–water partition coefficient (Wildman–Crippen LogP) is 3.63. The number of carbonyl (C=O) groups excluding carboxylic acids is 3. The van der Waals surface area contributed by atoms with Crippen LogP contribution in [0.4, 0.5) is 19.0 Å². The lowest BCUT2D eigenvalue weighted by Gasteiger charge is -2.57. The van der Waals surface area contributed by atoms with Crippen LogP contribution in [0.25, 0.3) is 5.69 Å². The molecule has 0 bridgehead atoms. The van der Waals surface area contributed by atoms with Crippen LogP contribution in [0.1, 0.15) is 52.3 Å². The molecule has 2 atom stereocenters. The van der Waals surface area contributed by atoms with E-state index >= 15 is 0 Å². The highest BCUT2D eigenvalue weighted by Gasteiger charge is 2.51. The molecule has 5 heterocycles. The molecule has 15 heteroatoms. The van der Waals surface area contributed by atoms with Gasteiger partial charge in [-0.15, -0.1) is 0 Å². The van der Waals surface area contributed by atoms with E-state index in [9.17, 15) is 27.6 Å². The van der Waals surface area contributed by atoms with Gasteiger partial charge in [-0.3, -0.25) is 24.2 Å². The first kappa shape index (κ1) is 34.1. The molecule has 2 aromatic heterocycles. The summed E-state index contributed by atoms with van der Waals surface area (Å²) in [5.41, 5.74) is 1.82. The first-order valence-corrected chi connectivity index (χ1v) is 16.5. The first-order valence-electron chi connectivity index (χ1n) is 16.5. The number of likely N-dealkylation sites (tertiary alicyclic amines) is 1. The Balaban J connectivity index is 1.19. The van der Waals surface area contributed by atoms with Crippen molar-refractivity contribution in [3.05, 3.63) is 113 Å². The number of ether oxygens (including phenoxy) is 1. The van der Waals surface area contributed by atoms with Gasteiger partial charge in [-0.05, 0) is 42.7 Å². The molecule has 0 aliphatic carbocycles. The summed E-state index contributed by atoms with van der Waals surface area (Å²) in [6.45, 7) is 8.80. The molecule has 0 saturated carbocycles. The maximum Gasteiger partial charge on any atom is 0.433 e. The zero-order valence-electron chi connectivity index (χ0n) is 27.7. The molecule has 3 aliphatic heterocycles. The fraction of sp³-hybridized carbons (Fsp3) is 0.333. The van der Waals surface area contributed by atoms with E-state index < -0.39 is 41.5 Å². The summed E-state index contributed by atoms with van der Waals surface area (Å²) in [7, 11) is 0. The van der Waals surface area contributed by atoms with Gasteiger partial charge < -0.3 is 15.4 Å². The molecule has 2 N–H and O–H groups in total. The van der Waals surface area contributed by atoms with E-state index in [0.717, 1.165) is 24.7 Å². The van der Waals surface area contributed by atoms with Crippen molar-refractivity contribution in [3.63, 3.8) is 0 Å². The van der Waals surface area contributed by atoms with Gasteiger partial charge in [-0.2, -0.15) is 18.3 Å². The second kappa shape index (κ2) is 13.4. The van der Waals surface area contributed by atoms with Crippen molar-refractivity contribution in [2.45, 2.75) is 43.6 Å². The van der Waals surface area contributed by atoms with E-state index in [0.29, 0.717) is 54.0 Å². The van der Waals surface area contributed by atoms with Crippen LogP contribution in [-0.2, 0) is 27.0 Å². The van der Waals surface area contributed by atoms with Crippen molar-refractivity contribution < 1.29 is 32.3 Å². The number of carbonyl (C=O) groups is 3. The minimum Gasteiger partial charge on any atom is -0.377 e. The summed E-state index contributed by atoms with van der Waals surface area (Å²) < 4.78 is 47.3. The van der Waals surface area contributed by atoms with Crippen LogP contribution in [0.2, 0.25) is 0 Å². The van der Waals surface area contributed by atoms with Gasteiger partial charge in [0.15, 0.2) is 0 Å². The van der Waals surface area contributed by atoms with Gasteiger partial charge in [-0.25, -0.2) is 14.6 Å². The zero-order valence-corrected chi connectivity index (χ0v) is 27.7. The summed E-state index contributed by atoms with van der Waals surface area (Å²) in [6, 6.07) is 15.8. The molecule has 12 nitrogen and oxygen atoms in total. The third-order valence-electron chi connectivity index (χ3n) is 9.71. The normalized spacial score (nSPS) is 19.5. The van der Waals surface area contributed by atoms with Gasteiger partial charge in [0.05, 0.1) is 30.6 Å². The standard InChI is InChI=1S/C36H35F3N8O4/c1-3-46-33-26(18-42-47(33)25-10-5-4-6-11-25)28(29(34(46)50)44-32(49)30-40-14-12-27(43-30)36(37,38)39)24-9-7-8-23(16-24)17-41-31(48)22(2)19-45-15-13-35(45)20-51-21-35/h4-12,14,16,18,28-29H,2-3,13,15,17,19-21H2,1H3,(H,41,48)(H,44,49)/t28-,29+/m1/s1. The van der Waals surface area contributed by atoms with Crippen LogP contribution in [0.15, 0.2) is 85.2 Å². The predicted molar refractivity (Wildman–Crippen MR) is 179 cm³/mol. The maximum absolute atomic E-state index is 14.3. The van der Waals surface area contributed by atoms with Gasteiger partial charge in [0.25, 0.3) is 11.8 Å². The average Bonchev–Trinajstić information content (AvgIpc) is 3.53. The lowest BCUT2D eigenvalue weighted by atomic mass is 9.82. The van der Waals surface area contributed by atoms with Crippen LogP contribution in [0.3, 0.4) is 0 Å². The molecule has 264 valence electrons. The van der Waals surface area contributed by atoms with E-state index in [-0.39, 0.29) is 24.5 Å². The zero-order chi connectivity index (χ0) is 35.9. The van der Waals surface area contributed by atoms with Crippen molar-refractivity contribution in [2.75, 3.05) is 37.7 Å². The Morgan fingerprint density at radius 3 is 2.55 bits per heavy atom. The minimum absolute atomic E-state index is 0.0225. The summed E-state index contributed by atoms with van der Waals surface area (Å²) in [4.78, 5) is 51.7. The van der Waals surface area contributed by atoms with Crippen molar-refractivity contribution in [1.29, 1.82) is 0 Å². The molecule has 51 heavy (non-hydrogen) atoms. The largest absolute Gasteiger partial charge is 0.433 e. The number of aromatic nitrogens is 4. The number of likely N-dealkylation sites (N-methyl/N-ethyl adjacent to an activating group) is 1. The Morgan fingerprint density at radius 1 is 1.10 bits per heavy atom. The number of anilines is 1. The first-order chi connectivity index (χ1) is 24.5. The second-order valence-electron chi connectivity index (χ2n) is 12.9. The number of fused-ring (bicyclic) bond motifs is 1. The van der Waals surface area contributed by atoms with Gasteiger partial charge in [-0.1, -0.05) is 49.0 Å². The second-order valence-corrected chi connectivity index (χ2v) is 12.9. The average molecular weight is 701 g/mol. The van der Waals surface area contributed by atoms with Crippen molar-refractivity contribution >= 4 is 23.5 Å². The van der Waals surface area contributed by atoms with Gasteiger partial charge in [0.1, 0.15) is 17.6 Å². The SMILES string of the molecule is C=C(CN1CCC12COC2)C(=O)NCc1cccc([C@@H]2c3cnn(-c4ccccc4)c3N(CC)C(=O)[C@H]2NC(=O)c2nccc(C(F)(F)F)n2)c1. The number of alkyl halides is 3. The Kier molecular flexibility index (Phi) is 8.93. The Bertz CT molecular complexity index is 1990. The van der Waals surface area contributed by atoms with Crippen LogP contribution in [0, 0.1) is 0 Å². The van der Waals surface area contributed by atoms with E-state index in [1.165, 1.54) is 4.90 Å². The molecular weight excluding hydrogens is 665 g/mol. The molecule has 3 amide bonds. The lowest BCUT2D eigenvalue weighted by molar-refractivity contribution is -0.189. The van der Waals surface area contributed by atoms with Crippen LogP contribution in [0.5, 0.6) is 0 Å². The molecule has 2 fully saturated rings. The minimum atomic E-state index is -4.80. The van der Waals surface area contributed by atoms with Gasteiger partial charge in [0, 0.05) is 49.4 Å². The molecule has 7 rings (SSSR count). The summed E-state index contributed by atoms with van der Waals surface area (Å²) in [6.07, 6.45) is -1.29. The quantitative estimate of drug-likeness (QED) is 0.240. The molecule has 2 aromatic carbocycles. The number of halogens is 3. The molecule has 0 unspecified atom stereocenters. The Morgan fingerprint density at radius 2 is 1.88 bits per heavy atom. The molecular formula is C36H35F3N8O4. The van der Waals surface area contributed by atoms with Crippen LogP contribution >= 0.6 is 0 Å². The fourth-order valence-electron chi connectivity index (χ4n) is 6.85. The lowest BCUT2D eigenvalue weighted by Crippen LogP contribution is -2.71. The summed E-state index contributed by atoms with van der Waals surface area (Å²) in [5, 5.41) is 10.2. The molecule has 4 aromatic rings. The highest BCUT2D eigenvalue weighted by Crippen LogP contribution is 2.42. The van der Waals surface area contributed by atoms with Crippen molar-refractivity contribution in [1.82, 2.24) is 35.3 Å². The maximum atomic E-state index is 14.3. The monoisotopic (exact) mass is 700 g/mol. The Labute approximate surface area is 291 Å². The molecule has 2 saturated heterocycles. The van der Waals surface area contributed by atoms with E-state index in [1.54, 1.807) is 29.9 Å². The Hall–Kier alpha value is -5.41. The third-order valence-corrected chi connectivity index (χ3v) is 9.71. The highest BCUT2D eigenvalue weighted by molar-refractivity contribution is 6.04. The van der Waals surface area contributed by atoms with Gasteiger partial charge >= 0.3 is 6.18 Å². The van der Waals surface area contributed by atoms with E-state index in [1.807, 2.05) is 42.5 Å². The highest BCUT2D eigenvalue weighted by atomic mass is 19.4. The third kappa shape index (κ3) is 6.38. The van der Waals surface area contributed by atoms with E-state index in [4.69, 9.17) is 4.74 Å². The number of hydrogen-bond donors (Lipinski definition) is 2. The number of hydrogen-bond acceptors (Lipinski definition) is 8. The topological polar surface area (TPSA) is 135 Å². The van der Waals surface area contributed by atoms with Crippen LogP contribution in [-0.4, -0.2) is 86.8 Å². The van der Waals surface area contributed by atoms with E-state index in [2.05, 4.69) is 37.2 Å². The number of nitrogens with one attached hydrogen (secondary N) is 2. The number of nitrogens with zero attached hydrogens (tertiary/aromatic N) is 6. The number of amides is 3. The van der Waals surface area contributed by atoms with Crippen molar-refractivity contribution in [3.8, 4) is 5.69 Å². The van der Waals surface area contributed by atoms with Gasteiger partial charge in [0.2, 0.25) is 11.7 Å². The number of rotatable bonds is 10. The number of para-hydroxylation sites is 1. The molecule has 0 radical (unpaired) electrons. The summed E-state index contributed by atoms with van der Waals surface area (Å²) >= 11 is 0. The molecule has 3 aliphatic rings. The smallest absolute Gasteiger partial charge is 0.377 e. The van der Waals surface area contributed by atoms with Crippen molar-refractivity contribution in [2.24, 2.45) is 0 Å². The fourth-order valence-corrected chi connectivity index (χ4v) is 6.85. The summed E-state index contributed by atoms with van der Waals surface area (Å²) in [5.74, 6) is -2.87.